The lowest BCUT2D eigenvalue weighted by Gasteiger charge is -2.26. The number of ether oxygens (including phenoxy) is 1. The van der Waals surface area contributed by atoms with Crippen molar-refractivity contribution in [2.45, 2.75) is 36.5 Å². The lowest BCUT2D eigenvalue weighted by Crippen LogP contribution is -2.39. The van der Waals surface area contributed by atoms with Crippen LogP contribution in [0.25, 0.3) is 0 Å². The standard InChI is InChI=1S/C24H31N3O4S/c1-19-3-9-22(10-4-19)32(29,30)26-21-7-5-20(6-8-21)24(11-12-24)23(28)25-13-2-14-27-15-17-31-18-16-27/h3-10,26H,2,11-18H2,1H3,(H,25,28). The molecule has 172 valence electrons. The Hall–Kier alpha value is -2.42. The number of carbonyl (C=O) groups excluding carboxylic acids is 1. The van der Waals surface area contributed by atoms with Gasteiger partial charge in [0.1, 0.15) is 0 Å². The first kappa shape index (κ1) is 22.8. The van der Waals surface area contributed by atoms with Crippen molar-refractivity contribution < 1.29 is 17.9 Å². The molecule has 4 rings (SSSR count). The normalized spacial score (nSPS) is 18.2. The Balaban J connectivity index is 1.31. The van der Waals surface area contributed by atoms with Gasteiger partial charge in [0.2, 0.25) is 5.91 Å². The molecule has 0 spiro atoms. The monoisotopic (exact) mass is 457 g/mol. The molecule has 0 bridgehead atoms. The minimum absolute atomic E-state index is 0.0625. The number of anilines is 1. The van der Waals surface area contributed by atoms with E-state index in [0.717, 1.165) is 63.2 Å². The summed E-state index contributed by atoms with van der Waals surface area (Å²) in [4.78, 5) is 15.4. The number of aryl methyl sites for hydroxylation is 1. The highest BCUT2D eigenvalue weighted by atomic mass is 32.2. The molecule has 1 aliphatic carbocycles. The molecule has 1 amide bonds. The van der Waals surface area contributed by atoms with Gasteiger partial charge in [-0.3, -0.25) is 14.4 Å². The summed E-state index contributed by atoms with van der Waals surface area (Å²) in [6.07, 6.45) is 2.55. The Labute approximate surface area is 190 Å². The molecule has 32 heavy (non-hydrogen) atoms. The lowest BCUT2D eigenvalue weighted by molar-refractivity contribution is -0.123. The van der Waals surface area contributed by atoms with Gasteiger partial charge in [0, 0.05) is 25.3 Å². The summed E-state index contributed by atoms with van der Waals surface area (Å²) < 4.78 is 33.2. The Bertz CT molecular complexity index is 1030. The van der Waals surface area contributed by atoms with Crippen LogP contribution in [0.2, 0.25) is 0 Å². The second kappa shape index (κ2) is 9.60. The highest BCUT2D eigenvalue weighted by Gasteiger charge is 2.51. The zero-order valence-electron chi connectivity index (χ0n) is 18.5. The summed E-state index contributed by atoms with van der Waals surface area (Å²) in [5.74, 6) is 0.0625. The maximum absolute atomic E-state index is 12.8. The first-order valence-corrected chi connectivity index (χ1v) is 12.7. The Morgan fingerprint density at radius 2 is 1.69 bits per heavy atom. The van der Waals surface area contributed by atoms with E-state index in [0.29, 0.717) is 12.2 Å². The molecule has 8 heteroatoms. The predicted molar refractivity (Wildman–Crippen MR) is 124 cm³/mol. The smallest absolute Gasteiger partial charge is 0.261 e. The third kappa shape index (κ3) is 5.31. The molecule has 2 aliphatic rings. The van der Waals surface area contributed by atoms with Crippen LogP contribution in [0.15, 0.2) is 53.4 Å². The van der Waals surface area contributed by atoms with Crippen LogP contribution in [0.5, 0.6) is 0 Å². The molecule has 2 aromatic rings. The number of hydrogen-bond acceptors (Lipinski definition) is 5. The number of nitrogens with zero attached hydrogens (tertiary/aromatic N) is 1. The van der Waals surface area contributed by atoms with Crippen molar-refractivity contribution in [1.29, 1.82) is 0 Å². The van der Waals surface area contributed by atoms with Gasteiger partial charge < -0.3 is 10.1 Å². The fourth-order valence-corrected chi connectivity index (χ4v) is 5.12. The number of amides is 1. The number of nitrogens with one attached hydrogen (secondary N) is 2. The first-order valence-electron chi connectivity index (χ1n) is 11.2. The number of morpholine rings is 1. The number of hydrogen-bond donors (Lipinski definition) is 2. The summed E-state index contributed by atoms with van der Waals surface area (Å²) in [6.45, 7) is 7.02. The van der Waals surface area contributed by atoms with Gasteiger partial charge in [-0.1, -0.05) is 29.8 Å². The minimum Gasteiger partial charge on any atom is -0.379 e. The van der Waals surface area contributed by atoms with Crippen LogP contribution >= 0.6 is 0 Å². The predicted octanol–water partition coefficient (Wildman–Crippen LogP) is 2.67. The molecule has 1 saturated carbocycles. The average molecular weight is 458 g/mol. The second-order valence-electron chi connectivity index (χ2n) is 8.64. The van der Waals surface area contributed by atoms with Gasteiger partial charge in [0.25, 0.3) is 10.0 Å². The quantitative estimate of drug-likeness (QED) is 0.566. The van der Waals surface area contributed by atoms with Gasteiger partial charge in [-0.2, -0.15) is 0 Å². The van der Waals surface area contributed by atoms with E-state index in [1.165, 1.54) is 0 Å². The first-order chi connectivity index (χ1) is 15.4. The maximum atomic E-state index is 12.8. The largest absolute Gasteiger partial charge is 0.379 e. The summed E-state index contributed by atoms with van der Waals surface area (Å²) >= 11 is 0. The molecular weight excluding hydrogens is 426 g/mol. The zero-order chi connectivity index (χ0) is 22.6. The van der Waals surface area contributed by atoms with Gasteiger partial charge >= 0.3 is 0 Å². The molecule has 0 radical (unpaired) electrons. The molecule has 2 aromatic carbocycles. The molecule has 2 fully saturated rings. The Kier molecular flexibility index (Phi) is 6.83. The summed E-state index contributed by atoms with van der Waals surface area (Å²) in [7, 11) is -3.64. The minimum atomic E-state index is -3.64. The van der Waals surface area contributed by atoms with E-state index in [2.05, 4.69) is 14.9 Å². The van der Waals surface area contributed by atoms with Crippen molar-refractivity contribution in [2.75, 3.05) is 44.1 Å². The van der Waals surface area contributed by atoms with Crippen LogP contribution in [-0.4, -0.2) is 58.6 Å². The molecule has 2 N–H and O–H groups in total. The van der Waals surface area contributed by atoms with Crippen LogP contribution in [-0.2, 0) is 25.0 Å². The molecular formula is C24H31N3O4S. The topological polar surface area (TPSA) is 87.7 Å². The third-order valence-corrected chi connectivity index (χ3v) is 7.64. The van der Waals surface area contributed by atoms with Crippen LogP contribution in [0.3, 0.4) is 0 Å². The second-order valence-corrected chi connectivity index (χ2v) is 10.3. The SMILES string of the molecule is Cc1ccc(S(=O)(=O)Nc2ccc(C3(C(=O)NCCCN4CCOCC4)CC3)cc2)cc1. The number of carbonyl (C=O) groups is 1. The molecule has 1 saturated heterocycles. The number of sulfonamides is 1. The van der Waals surface area contributed by atoms with Crippen molar-refractivity contribution in [3.63, 3.8) is 0 Å². The Morgan fingerprint density at radius 3 is 2.31 bits per heavy atom. The van der Waals surface area contributed by atoms with Crippen molar-refractivity contribution in [1.82, 2.24) is 10.2 Å². The molecule has 0 aromatic heterocycles. The van der Waals surface area contributed by atoms with E-state index >= 15 is 0 Å². The molecule has 0 unspecified atom stereocenters. The van der Waals surface area contributed by atoms with Crippen molar-refractivity contribution in [3.8, 4) is 0 Å². The molecule has 7 nitrogen and oxygen atoms in total. The van der Waals surface area contributed by atoms with E-state index in [9.17, 15) is 13.2 Å². The molecule has 1 heterocycles. The highest BCUT2D eigenvalue weighted by Crippen LogP contribution is 2.48. The summed E-state index contributed by atoms with van der Waals surface area (Å²) in [6, 6.07) is 13.9. The van der Waals surface area contributed by atoms with Crippen LogP contribution in [0, 0.1) is 6.92 Å². The van der Waals surface area contributed by atoms with Crippen LogP contribution in [0.4, 0.5) is 5.69 Å². The average Bonchev–Trinajstić information content (AvgIpc) is 3.60. The van der Waals surface area contributed by atoms with E-state index in [4.69, 9.17) is 4.74 Å². The van der Waals surface area contributed by atoms with Gasteiger partial charge in [0.05, 0.1) is 23.5 Å². The summed E-state index contributed by atoms with van der Waals surface area (Å²) in [5, 5.41) is 3.09. The van der Waals surface area contributed by atoms with Crippen molar-refractivity contribution >= 4 is 21.6 Å². The van der Waals surface area contributed by atoms with Gasteiger partial charge in [-0.25, -0.2) is 8.42 Å². The molecule has 1 aliphatic heterocycles. The van der Waals surface area contributed by atoms with Crippen molar-refractivity contribution in [3.05, 3.63) is 59.7 Å². The van der Waals surface area contributed by atoms with Crippen molar-refractivity contribution in [2.24, 2.45) is 0 Å². The van der Waals surface area contributed by atoms with Crippen LogP contribution < -0.4 is 10.0 Å². The third-order valence-electron chi connectivity index (χ3n) is 6.25. The highest BCUT2D eigenvalue weighted by molar-refractivity contribution is 7.92. The summed E-state index contributed by atoms with van der Waals surface area (Å²) in [5.41, 5.74) is 1.94. The maximum Gasteiger partial charge on any atom is 0.261 e. The van der Waals surface area contributed by atoms with Gasteiger partial charge in [-0.15, -0.1) is 0 Å². The van der Waals surface area contributed by atoms with E-state index in [1.807, 2.05) is 19.1 Å². The Morgan fingerprint density at radius 1 is 1.03 bits per heavy atom. The van der Waals surface area contributed by atoms with Gasteiger partial charge in [0.15, 0.2) is 0 Å². The fourth-order valence-electron chi connectivity index (χ4n) is 4.06. The number of benzene rings is 2. The zero-order valence-corrected chi connectivity index (χ0v) is 19.3. The van der Waals surface area contributed by atoms with Crippen LogP contribution in [0.1, 0.15) is 30.4 Å². The molecule has 0 atom stereocenters. The van der Waals surface area contributed by atoms with E-state index in [-0.39, 0.29) is 10.8 Å². The fraction of sp³-hybridized carbons (Fsp3) is 0.458. The number of rotatable bonds is 9. The van der Waals surface area contributed by atoms with E-state index in [1.54, 1.807) is 36.4 Å². The van der Waals surface area contributed by atoms with Gasteiger partial charge in [-0.05, 0) is 62.6 Å². The van der Waals surface area contributed by atoms with E-state index < -0.39 is 15.4 Å². The lowest BCUT2D eigenvalue weighted by atomic mass is 9.95.